The van der Waals surface area contributed by atoms with Gasteiger partial charge in [-0.25, -0.2) is 13.1 Å². The summed E-state index contributed by atoms with van der Waals surface area (Å²) >= 11 is 5.79. The van der Waals surface area contributed by atoms with Gasteiger partial charge in [-0.2, -0.15) is 5.26 Å². The van der Waals surface area contributed by atoms with Gasteiger partial charge in [0.05, 0.1) is 21.4 Å². The molecule has 0 heterocycles. The molecule has 1 aromatic rings. The molecule has 8 heteroatoms. The monoisotopic (exact) mass is 330 g/mol. The predicted molar refractivity (Wildman–Crippen MR) is 77.4 cm³/mol. The summed E-state index contributed by atoms with van der Waals surface area (Å²) in [6.07, 6.45) is 0.794. The second-order valence-corrected chi connectivity index (χ2v) is 6.71. The lowest BCUT2D eigenvalue weighted by Crippen LogP contribution is -2.25. The van der Waals surface area contributed by atoms with E-state index < -0.39 is 21.9 Å². The van der Waals surface area contributed by atoms with Crippen LogP contribution in [0.25, 0.3) is 0 Å². The molecule has 1 unspecified atom stereocenters. The van der Waals surface area contributed by atoms with Gasteiger partial charge in [0.2, 0.25) is 10.0 Å². The first-order valence-electron chi connectivity index (χ1n) is 6.20. The minimum absolute atomic E-state index is 0.0298. The number of nitrogens with one attached hydrogen (secondary N) is 1. The largest absolute Gasteiger partial charge is 0.481 e. The molecular formula is C13H15ClN2O4S. The molecule has 0 amide bonds. The second kappa shape index (κ2) is 7.41. The third kappa shape index (κ3) is 5.01. The summed E-state index contributed by atoms with van der Waals surface area (Å²) in [5.41, 5.74) is 0.200. The van der Waals surface area contributed by atoms with Crippen molar-refractivity contribution in [2.45, 2.75) is 24.7 Å². The molecule has 1 atom stereocenters. The molecule has 114 valence electrons. The molecule has 0 aliphatic rings. The fourth-order valence-corrected chi connectivity index (χ4v) is 2.96. The summed E-state index contributed by atoms with van der Waals surface area (Å²) in [5, 5.41) is 17.5. The number of hydrogen-bond acceptors (Lipinski definition) is 4. The smallest absolute Gasteiger partial charge is 0.306 e. The highest BCUT2D eigenvalue weighted by Crippen LogP contribution is 2.20. The maximum absolute atomic E-state index is 12.0. The van der Waals surface area contributed by atoms with Crippen LogP contribution in [0.2, 0.25) is 5.02 Å². The second-order valence-electron chi connectivity index (χ2n) is 4.53. The van der Waals surface area contributed by atoms with Crippen molar-refractivity contribution in [1.82, 2.24) is 4.72 Å². The van der Waals surface area contributed by atoms with Crippen molar-refractivity contribution in [2.75, 3.05) is 6.54 Å². The molecular weight excluding hydrogens is 316 g/mol. The van der Waals surface area contributed by atoms with Gasteiger partial charge >= 0.3 is 5.97 Å². The number of carboxylic acid groups (broad SMARTS) is 1. The molecule has 6 nitrogen and oxygen atoms in total. The first kappa shape index (κ1) is 17.4. The van der Waals surface area contributed by atoms with E-state index in [4.69, 9.17) is 22.0 Å². The number of halogens is 1. The topological polar surface area (TPSA) is 107 Å². The molecule has 21 heavy (non-hydrogen) atoms. The van der Waals surface area contributed by atoms with Gasteiger partial charge in [-0.1, -0.05) is 18.5 Å². The summed E-state index contributed by atoms with van der Waals surface area (Å²) in [6, 6.07) is 5.69. The van der Waals surface area contributed by atoms with Gasteiger partial charge in [0.1, 0.15) is 6.07 Å². The van der Waals surface area contributed by atoms with Gasteiger partial charge in [-0.3, -0.25) is 4.79 Å². The van der Waals surface area contributed by atoms with Gasteiger partial charge < -0.3 is 5.11 Å². The van der Waals surface area contributed by atoms with Crippen LogP contribution in [-0.4, -0.2) is 26.0 Å². The average Bonchev–Trinajstić information content (AvgIpc) is 2.43. The van der Waals surface area contributed by atoms with Crippen LogP contribution in [0.15, 0.2) is 23.1 Å². The number of nitrogens with zero attached hydrogens (tertiary/aromatic N) is 1. The van der Waals surface area contributed by atoms with Gasteiger partial charge in [-0.05, 0) is 31.0 Å². The van der Waals surface area contributed by atoms with E-state index in [0.29, 0.717) is 12.8 Å². The van der Waals surface area contributed by atoms with E-state index in [9.17, 15) is 13.2 Å². The fraction of sp³-hybridized carbons (Fsp3) is 0.385. The Labute approximate surface area is 128 Å². The predicted octanol–water partition coefficient (Wildman–Crippen LogP) is 1.99. The van der Waals surface area contributed by atoms with Gasteiger partial charge in [-0.15, -0.1) is 0 Å². The maximum Gasteiger partial charge on any atom is 0.306 e. The number of carbonyl (C=O) groups is 1. The molecule has 2 N–H and O–H groups in total. The quantitative estimate of drug-likeness (QED) is 0.743. The van der Waals surface area contributed by atoms with Gasteiger partial charge in [0.15, 0.2) is 0 Å². The molecule has 0 spiro atoms. The number of carboxylic acids is 1. The van der Waals surface area contributed by atoms with Gasteiger partial charge in [0.25, 0.3) is 0 Å². The molecule has 1 aromatic carbocycles. The molecule has 0 bridgehead atoms. The number of benzene rings is 1. The molecule has 0 aromatic heterocycles. The lowest BCUT2D eigenvalue weighted by molar-refractivity contribution is -0.141. The number of nitriles is 1. The Morgan fingerprint density at radius 1 is 1.52 bits per heavy atom. The summed E-state index contributed by atoms with van der Waals surface area (Å²) in [4.78, 5) is 10.6. The summed E-state index contributed by atoms with van der Waals surface area (Å²) < 4.78 is 26.4. The Kier molecular flexibility index (Phi) is 6.15. The zero-order valence-electron chi connectivity index (χ0n) is 11.3. The van der Waals surface area contributed by atoms with Crippen molar-refractivity contribution in [3.8, 4) is 6.07 Å². The van der Waals surface area contributed by atoms with Crippen molar-refractivity contribution in [3.63, 3.8) is 0 Å². The third-order valence-corrected chi connectivity index (χ3v) is 4.67. The highest BCUT2D eigenvalue weighted by Gasteiger charge is 2.16. The summed E-state index contributed by atoms with van der Waals surface area (Å²) in [5.74, 6) is -1.42. The van der Waals surface area contributed by atoms with Crippen LogP contribution in [0.4, 0.5) is 0 Å². The molecule has 0 radical (unpaired) electrons. The third-order valence-electron chi connectivity index (χ3n) is 2.90. The number of hydrogen-bond donors (Lipinski definition) is 2. The van der Waals surface area contributed by atoms with Gasteiger partial charge in [0, 0.05) is 6.54 Å². The maximum atomic E-state index is 12.0. The van der Waals surface area contributed by atoms with Crippen LogP contribution < -0.4 is 4.72 Å². The highest BCUT2D eigenvalue weighted by atomic mass is 35.5. The van der Waals surface area contributed by atoms with E-state index in [-0.39, 0.29) is 22.0 Å². The fourth-order valence-electron chi connectivity index (χ4n) is 1.58. The normalized spacial score (nSPS) is 12.6. The van der Waals surface area contributed by atoms with E-state index in [1.165, 1.54) is 18.2 Å². The van der Waals surface area contributed by atoms with Crippen LogP contribution in [0.3, 0.4) is 0 Å². The molecule has 1 rings (SSSR count). The van der Waals surface area contributed by atoms with Crippen LogP contribution in [0.5, 0.6) is 0 Å². The Morgan fingerprint density at radius 3 is 2.71 bits per heavy atom. The first-order valence-corrected chi connectivity index (χ1v) is 8.06. The van der Waals surface area contributed by atoms with E-state index in [1.807, 2.05) is 6.07 Å². The molecule has 0 saturated carbocycles. The minimum Gasteiger partial charge on any atom is -0.481 e. The Bertz CT molecular complexity index is 667. The zero-order chi connectivity index (χ0) is 16.0. The van der Waals surface area contributed by atoms with Crippen molar-refractivity contribution < 1.29 is 18.3 Å². The van der Waals surface area contributed by atoms with Crippen LogP contribution >= 0.6 is 11.6 Å². The summed E-state index contributed by atoms with van der Waals surface area (Å²) in [7, 11) is -3.72. The molecule has 0 aliphatic heterocycles. The van der Waals surface area contributed by atoms with Crippen molar-refractivity contribution in [1.29, 1.82) is 5.26 Å². The standard InChI is InChI=1S/C13H15ClN2O4S/c1-9(13(17)18)3-2-6-16-21(19,20)11-5-4-10(8-15)12(14)7-11/h4-5,7,9,16H,2-3,6H2,1H3,(H,17,18). The summed E-state index contributed by atoms with van der Waals surface area (Å²) in [6.45, 7) is 1.70. The van der Waals surface area contributed by atoms with E-state index in [1.54, 1.807) is 6.92 Å². The SMILES string of the molecule is CC(CCCNS(=O)(=O)c1ccc(C#N)c(Cl)c1)C(=O)O. The molecule has 0 fully saturated rings. The Balaban J connectivity index is 2.64. The zero-order valence-corrected chi connectivity index (χ0v) is 12.9. The molecule has 0 saturated heterocycles. The van der Waals surface area contributed by atoms with E-state index >= 15 is 0 Å². The van der Waals surface area contributed by atoms with E-state index in [2.05, 4.69) is 4.72 Å². The Morgan fingerprint density at radius 2 is 2.19 bits per heavy atom. The van der Waals surface area contributed by atoms with Crippen molar-refractivity contribution >= 4 is 27.6 Å². The Hall–Kier alpha value is -1.62. The number of rotatable bonds is 7. The number of aliphatic carboxylic acids is 1. The molecule has 0 aliphatic carbocycles. The van der Waals surface area contributed by atoms with Crippen molar-refractivity contribution in [2.24, 2.45) is 5.92 Å². The van der Waals surface area contributed by atoms with Crippen LogP contribution in [0, 0.1) is 17.2 Å². The average molecular weight is 331 g/mol. The highest BCUT2D eigenvalue weighted by molar-refractivity contribution is 7.89. The van der Waals surface area contributed by atoms with Crippen molar-refractivity contribution in [3.05, 3.63) is 28.8 Å². The number of sulfonamides is 1. The van der Waals surface area contributed by atoms with Crippen LogP contribution in [-0.2, 0) is 14.8 Å². The first-order chi connectivity index (χ1) is 9.77. The van der Waals surface area contributed by atoms with E-state index in [0.717, 1.165) is 0 Å². The lowest BCUT2D eigenvalue weighted by Gasteiger charge is -2.09. The lowest BCUT2D eigenvalue weighted by atomic mass is 10.1. The minimum atomic E-state index is -3.72. The van der Waals surface area contributed by atoms with Crippen LogP contribution in [0.1, 0.15) is 25.3 Å².